The van der Waals surface area contributed by atoms with Crippen molar-refractivity contribution in [1.82, 2.24) is 31.2 Å². The van der Waals surface area contributed by atoms with Gasteiger partial charge in [-0.3, -0.25) is 9.59 Å². The zero-order valence-electron chi connectivity index (χ0n) is 28.3. The molecular formula is C38H42Cl2N6O4. The van der Waals surface area contributed by atoms with Crippen LogP contribution in [0.3, 0.4) is 0 Å². The molecule has 4 heterocycles. The molecule has 10 nitrogen and oxygen atoms in total. The number of benzene rings is 2. The maximum Gasteiger partial charge on any atom is 0.220 e. The van der Waals surface area contributed by atoms with Crippen LogP contribution in [0.1, 0.15) is 49.7 Å². The van der Waals surface area contributed by atoms with Gasteiger partial charge in [0.15, 0.2) is 0 Å². The summed E-state index contributed by atoms with van der Waals surface area (Å²) in [5.41, 5.74) is 6.18. The van der Waals surface area contributed by atoms with Gasteiger partial charge in [-0.2, -0.15) is 0 Å². The summed E-state index contributed by atoms with van der Waals surface area (Å²) in [7, 11) is 3.20. The number of ether oxygens (including phenoxy) is 2. The lowest BCUT2D eigenvalue weighted by molar-refractivity contribution is -0.124. The molecule has 0 radical (unpaired) electrons. The summed E-state index contributed by atoms with van der Waals surface area (Å²) in [5, 5.41) is 13.9. The number of carbonyl (C=O) groups is 2. The smallest absolute Gasteiger partial charge is 0.220 e. The number of rotatable bonds is 13. The number of pyridine rings is 2. The maximum atomic E-state index is 11.7. The molecule has 2 aromatic carbocycles. The van der Waals surface area contributed by atoms with Gasteiger partial charge in [0.1, 0.15) is 0 Å². The predicted molar refractivity (Wildman–Crippen MR) is 196 cm³/mol. The lowest BCUT2D eigenvalue weighted by Crippen LogP contribution is -2.44. The van der Waals surface area contributed by atoms with E-state index < -0.39 is 0 Å². The highest BCUT2D eigenvalue weighted by Gasteiger charge is 2.21. The predicted octanol–water partition coefficient (Wildman–Crippen LogP) is 6.32. The standard InChI is InChI=1S/C38H42Cl2N6O4/c1-49-37-23(19-41-21-25-7-3-13-33(47)43-25)15-17-31(45-37)29-11-5-9-27(35(29)39)28-10-6-12-30(36(28)40)32-18-16-24(38(46-32)50-2)20-42-22-26-8-4-14-34(48)44-26/h5-6,9-12,15-18,25-26,41-42H,3-4,7-8,13-14,19-22H2,1-2H3,(H,43,47)(H,44,48). The molecule has 2 unspecified atom stereocenters. The van der Waals surface area contributed by atoms with Crippen molar-refractivity contribution in [3.05, 3.63) is 81.8 Å². The van der Waals surface area contributed by atoms with Crippen LogP contribution in [0, 0.1) is 0 Å². The maximum absolute atomic E-state index is 11.7. The van der Waals surface area contributed by atoms with Crippen molar-refractivity contribution < 1.29 is 19.1 Å². The van der Waals surface area contributed by atoms with Crippen molar-refractivity contribution in [1.29, 1.82) is 0 Å². The fourth-order valence-electron chi connectivity index (χ4n) is 6.57. The Morgan fingerprint density at radius 3 is 1.48 bits per heavy atom. The summed E-state index contributed by atoms with van der Waals surface area (Å²) in [6.45, 7) is 2.46. The Morgan fingerprint density at radius 2 is 1.08 bits per heavy atom. The zero-order chi connectivity index (χ0) is 35.0. The molecule has 2 atom stereocenters. The van der Waals surface area contributed by atoms with Crippen molar-refractivity contribution in [2.75, 3.05) is 27.3 Å². The normalized spacial score (nSPS) is 17.6. The molecule has 2 aromatic heterocycles. The van der Waals surface area contributed by atoms with Gasteiger partial charge in [0.05, 0.1) is 35.7 Å². The minimum Gasteiger partial charge on any atom is -0.481 e. The summed E-state index contributed by atoms with van der Waals surface area (Å²) < 4.78 is 11.3. The Balaban J connectivity index is 1.18. The second-order valence-corrected chi connectivity index (χ2v) is 13.4. The van der Waals surface area contributed by atoms with E-state index >= 15 is 0 Å². The zero-order valence-corrected chi connectivity index (χ0v) is 29.8. The molecule has 6 rings (SSSR count). The minimum atomic E-state index is 0.109. The molecule has 2 aliphatic heterocycles. The number of nitrogens with one attached hydrogen (secondary N) is 4. The third-order valence-electron chi connectivity index (χ3n) is 9.16. The van der Waals surface area contributed by atoms with Crippen molar-refractivity contribution in [3.63, 3.8) is 0 Å². The van der Waals surface area contributed by atoms with Crippen LogP contribution in [-0.4, -0.2) is 61.2 Å². The highest BCUT2D eigenvalue weighted by Crippen LogP contribution is 2.42. The average molecular weight is 718 g/mol. The van der Waals surface area contributed by atoms with Gasteiger partial charge in [-0.15, -0.1) is 0 Å². The molecule has 0 aliphatic carbocycles. The van der Waals surface area contributed by atoms with Crippen LogP contribution in [0.5, 0.6) is 11.8 Å². The third-order valence-corrected chi connectivity index (χ3v) is 9.97. The number of carbonyl (C=O) groups excluding carboxylic acids is 2. The van der Waals surface area contributed by atoms with E-state index in [-0.39, 0.29) is 23.9 Å². The monoisotopic (exact) mass is 716 g/mol. The van der Waals surface area contributed by atoms with Crippen molar-refractivity contribution in [2.24, 2.45) is 0 Å². The second-order valence-electron chi connectivity index (χ2n) is 12.6. The Morgan fingerprint density at radius 1 is 0.660 bits per heavy atom. The highest BCUT2D eigenvalue weighted by molar-refractivity contribution is 6.39. The van der Waals surface area contributed by atoms with E-state index in [4.69, 9.17) is 42.6 Å². The number of amides is 2. The molecule has 12 heteroatoms. The Hall–Kier alpha value is -4.22. The number of hydrogen-bond acceptors (Lipinski definition) is 8. The van der Waals surface area contributed by atoms with Gasteiger partial charge in [-0.05, 0) is 37.8 Å². The van der Waals surface area contributed by atoms with E-state index in [1.165, 1.54) is 0 Å². The second kappa shape index (κ2) is 16.7. The van der Waals surface area contributed by atoms with E-state index in [1.807, 2.05) is 60.7 Å². The molecule has 4 N–H and O–H groups in total. The summed E-state index contributed by atoms with van der Waals surface area (Å²) >= 11 is 14.2. The summed E-state index contributed by atoms with van der Waals surface area (Å²) in [6, 6.07) is 19.7. The van der Waals surface area contributed by atoms with Crippen LogP contribution in [0.2, 0.25) is 10.0 Å². The number of piperidine rings is 2. The number of halogens is 2. The van der Waals surface area contributed by atoms with E-state index in [2.05, 4.69) is 21.3 Å². The fourth-order valence-corrected chi connectivity index (χ4v) is 7.22. The van der Waals surface area contributed by atoms with Crippen LogP contribution in [0.25, 0.3) is 33.6 Å². The molecule has 0 saturated carbocycles. The van der Waals surface area contributed by atoms with Gasteiger partial charge < -0.3 is 30.7 Å². The summed E-state index contributed by atoms with van der Waals surface area (Å²) in [6.07, 6.45) is 4.95. The van der Waals surface area contributed by atoms with Gasteiger partial charge in [-0.1, -0.05) is 71.7 Å². The molecule has 50 heavy (non-hydrogen) atoms. The molecule has 2 aliphatic rings. The molecule has 4 aromatic rings. The van der Waals surface area contributed by atoms with E-state index in [9.17, 15) is 9.59 Å². The Labute approximate surface area is 302 Å². The molecule has 2 amide bonds. The topological polar surface area (TPSA) is 126 Å². The van der Waals surface area contributed by atoms with Crippen LogP contribution < -0.4 is 30.7 Å². The van der Waals surface area contributed by atoms with Gasteiger partial charge in [0.25, 0.3) is 0 Å². The molecular weight excluding hydrogens is 675 g/mol. The first-order valence-electron chi connectivity index (χ1n) is 17.0. The van der Waals surface area contributed by atoms with E-state index in [0.29, 0.717) is 72.2 Å². The number of methoxy groups -OCH3 is 2. The molecule has 0 bridgehead atoms. The van der Waals surface area contributed by atoms with Crippen LogP contribution in [0.4, 0.5) is 0 Å². The largest absolute Gasteiger partial charge is 0.481 e. The summed E-state index contributed by atoms with van der Waals surface area (Å²) in [4.78, 5) is 33.1. The lowest BCUT2D eigenvalue weighted by atomic mass is 9.98. The van der Waals surface area contributed by atoms with Crippen LogP contribution in [0.15, 0.2) is 60.7 Å². The fraction of sp³-hybridized carbons (Fsp3) is 0.368. The van der Waals surface area contributed by atoms with Gasteiger partial charge in [0, 0.05) is 84.5 Å². The molecule has 262 valence electrons. The van der Waals surface area contributed by atoms with Gasteiger partial charge in [-0.25, -0.2) is 9.97 Å². The Kier molecular flexibility index (Phi) is 11.9. The van der Waals surface area contributed by atoms with E-state index in [1.54, 1.807) is 14.2 Å². The third kappa shape index (κ3) is 8.38. The first-order valence-corrected chi connectivity index (χ1v) is 17.8. The molecule has 2 saturated heterocycles. The van der Waals surface area contributed by atoms with E-state index in [0.717, 1.165) is 59.1 Å². The lowest BCUT2D eigenvalue weighted by Gasteiger charge is -2.23. The highest BCUT2D eigenvalue weighted by atomic mass is 35.5. The van der Waals surface area contributed by atoms with Crippen molar-refractivity contribution >= 4 is 35.0 Å². The SMILES string of the molecule is COc1nc(-c2cccc(-c3cccc(-c4ccc(CNCC5CCCC(=O)N5)c(OC)n4)c3Cl)c2Cl)ccc1CNCC1CCCC(=O)N1. The van der Waals surface area contributed by atoms with Crippen molar-refractivity contribution in [2.45, 2.75) is 63.7 Å². The minimum absolute atomic E-state index is 0.109. The van der Waals surface area contributed by atoms with Gasteiger partial charge >= 0.3 is 0 Å². The average Bonchev–Trinajstić information content (AvgIpc) is 3.12. The van der Waals surface area contributed by atoms with Gasteiger partial charge in [0.2, 0.25) is 23.6 Å². The summed E-state index contributed by atoms with van der Waals surface area (Å²) in [5.74, 6) is 1.22. The number of hydrogen-bond donors (Lipinski definition) is 4. The molecule has 0 spiro atoms. The van der Waals surface area contributed by atoms with Crippen molar-refractivity contribution in [3.8, 4) is 45.4 Å². The first-order chi connectivity index (χ1) is 24.3. The van der Waals surface area contributed by atoms with Crippen LogP contribution >= 0.6 is 23.2 Å². The number of nitrogens with zero attached hydrogens (tertiary/aromatic N) is 2. The number of aromatic nitrogens is 2. The Bertz CT molecular complexity index is 1720. The van der Waals surface area contributed by atoms with Crippen LogP contribution in [-0.2, 0) is 22.7 Å². The first kappa shape index (κ1) is 35.6. The molecule has 2 fully saturated rings. The quantitative estimate of drug-likeness (QED) is 0.127.